The number of carbonyl (C=O) groups is 1. The number of aryl methyl sites for hydroxylation is 1. The van der Waals surface area contributed by atoms with E-state index in [1.807, 2.05) is 49.4 Å². The summed E-state index contributed by atoms with van der Waals surface area (Å²) in [5.41, 5.74) is 1.66. The van der Waals surface area contributed by atoms with E-state index < -0.39 is 29.2 Å². The number of nitrogens with zero attached hydrogens (tertiary/aromatic N) is 3. The molecule has 3 unspecified atom stereocenters. The third-order valence-electron chi connectivity index (χ3n) is 6.79. The SMILES string of the molecule is Cc1ccc(C(=O)C2C(c3ccccc3F)C(C#N)(C#N)C3c4ccccc4C=CN23)cc1. The van der Waals surface area contributed by atoms with E-state index in [1.165, 1.54) is 6.07 Å². The van der Waals surface area contributed by atoms with Gasteiger partial charge in [-0.15, -0.1) is 0 Å². The van der Waals surface area contributed by atoms with Crippen LogP contribution < -0.4 is 0 Å². The first kappa shape index (κ1) is 20.7. The average molecular weight is 433 g/mol. The highest BCUT2D eigenvalue weighted by atomic mass is 19.1. The minimum Gasteiger partial charge on any atom is -0.357 e. The molecule has 0 aliphatic carbocycles. The molecule has 33 heavy (non-hydrogen) atoms. The Morgan fingerprint density at radius 2 is 1.58 bits per heavy atom. The lowest BCUT2D eigenvalue weighted by Crippen LogP contribution is -2.38. The largest absolute Gasteiger partial charge is 0.357 e. The molecule has 2 aliphatic heterocycles. The summed E-state index contributed by atoms with van der Waals surface area (Å²) in [5, 5.41) is 20.9. The monoisotopic (exact) mass is 433 g/mol. The molecule has 0 amide bonds. The van der Waals surface area contributed by atoms with Crippen LogP contribution in [0.15, 0.2) is 79.0 Å². The molecule has 1 saturated heterocycles. The van der Waals surface area contributed by atoms with Crippen LogP contribution in [0, 0.1) is 40.8 Å². The fourth-order valence-corrected chi connectivity index (χ4v) is 5.25. The summed E-state index contributed by atoms with van der Waals surface area (Å²) >= 11 is 0. The van der Waals surface area contributed by atoms with Crippen molar-refractivity contribution in [2.45, 2.75) is 24.9 Å². The number of fused-ring (bicyclic) bond motifs is 3. The van der Waals surface area contributed by atoms with Crippen LogP contribution in [-0.4, -0.2) is 16.7 Å². The van der Waals surface area contributed by atoms with Crippen LogP contribution >= 0.6 is 0 Å². The molecule has 3 aromatic carbocycles. The van der Waals surface area contributed by atoms with Gasteiger partial charge in [-0.1, -0.05) is 72.3 Å². The van der Waals surface area contributed by atoms with Crippen molar-refractivity contribution in [3.63, 3.8) is 0 Å². The molecule has 0 spiro atoms. The van der Waals surface area contributed by atoms with E-state index in [1.54, 1.807) is 41.4 Å². The minimum atomic E-state index is -1.67. The fraction of sp³-hybridized carbons (Fsp3) is 0.179. The van der Waals surface area contributed by atoms with Crippen LogP contribution in [-0.2, 0) is 0 Å². The molecular formula is C28H20FN3O. The van der Waals surface area contributed by atoms with Crippen LogP contribution in [0.1, 0.15) is 44.6 Å². The highest BCUT2D eigenvalue weighted by molar-refractivity contribution is 6.01. The van der Waals surface area contributed by atoms with Gasteiger partial charge in [-0.25, -0.2) is 4.39 Å². The Kier molecular flexibility index (Phi) is 4.84. The van der Waals surface area contributed by atoms with Crippen LogP contribution in [0.25, 0.3) is 6.08 Å². The van der Waals surface area contributed by atoms with Crippen molar-refractivity contribution in [2.75, 3.05) is 0 Å². The summed E-state index contributed by atoms with van der Waals surface area (Å²) in [5.74, 6) is -1.76. The Bertz CT molecular complexity index is 1350. The van der Waals surface area contributed by atoms with E-state index in [4.69, 9.17) is 0 Å². The van der Waals surface area contributed by atoms with Crippen molar-refractivity contribution in [1.82, 2.24) is 4.90 Å². The summed E-state index contributed by atoms with van der Waals surface area (Å²) in [7, 11) is 0. The van der Waals surface area contributed by atoms with Gasteiger partial charge in [0.15, 0.2) is 11.2 Å². The van der Waals surface area contributed by atoms with Crippen molar-refractivity contribution in [3.05, 3.63) is 113 Å². The molecule has 2 aliphatic rings. The summed E-state index contributed by atoms with van der Waals surface area (Å²) < 4.78 is 15.2. The maximum atomic E-state index is 15.2. The number of halogens is 1. The molecule has 2 heterocycles. The zero-order valence-electron chi connectivity index (χ0n) is 17.9. The van der Waals surface area contributed by atoms with E-state index in [-0.39, 0.29) is 11.3 Å². The number of ketones is 1. The highest BCUT2D eigenvalue weighted by Gasteiger charge is 2.64. The first-order chi connectivity index (χ1) is 16.0. The Morgan fingerprint density at radius 1 is 0.939 bits per heavy atom. The normalized spacial score (nSPS) is 22.1. The molecule has 5 rings (SSSR count). The van der Waals surface area contributed by atoms with Gasteiger partial charge in [-0.3, -0.25) is 4.79 Å². The quantitative estimate of drug-likeness (QED) is 0.508. The Labute approximate surface area is 191 Å². The number of hydrogen-bond acceptors (Lipinski definition) is 4. The Hall–Kier alpha value is -4.22. The van der Waals surface area contributed by atoms with Gasteiger partial charge < -0.3 is 4.90 Å². The molecule has 3 aromatic rings. The van der Waals surface area contributed by atoms with E-state index in [9.17, 15) is 15.3 Å². The van der Waals surface area contributed by atoms with Crippen LogP contribution in [0.2, 0.25) is 0 Å². The molecule has 160 valence electrons. The summed E-state index contributed by atoms with van der Waals surface area (Å²) in [6.07, 6.45) is 3.65. The number of nitriles is 2. The third kappa shape index (κ3) is 2.97. The van der Waals surface area contributed by atoms with E-state index in [0.29, 0.717) is 5.56 Å². The van der Waals surface area contributed by atoms with Crippen molar-refractivity contribution in [1.29, 1.82) is 10.5 Å². The maximum Gasteiger partial charge on any atom is 0.185 e. The van der Waals surface area contributed by atoms with Gasteiger partial charge in [0.25, 0.3) is 0 Å². The highest BCUT2D eigenvalue weighted by Crippen LogP contribution is 2.60. The van der Waals surface area contributed by atoms with E-state index in [0.717, 1.165) is 16.7 Å². The summed E-state index contributed by atoms with van der Waals surface area (Å²) in [6.45, 7) is 1.93. The number of carbonyl (C=O) groups excluding carboxylic acids is 1. The number of benzene rings is 3. The number of rotatable bonds is 3. The zero-order chi connectivity index (χ0) is 23.2. The molecule has 0 bridgehead atoms. The van der Waals surface area contributed by atoms with E-state index >= 15 is 4.39 Å². The number of hydrogen-bond donors (Lipinski definition) is 0. The number of Topliss-reactive ketones (excluding diaryl/α,β-unsaturated/α-hetero) is 1. The molecule has 3 atom stereocenters. The Morgan fingerprint density at radius 3 is 2.24 bits per heavy atom. The molecule has 0 aromatic heterocycles. The summed E-state index contributed by atoms with van der Waals surface area (Å²) in [6, 6.07) is 23.7. The molecule has 1 fully saturated rings. The van der Waals surface area contributed by atoms with Crippen LogP contribution in [0.5, 0.6) is 0 Å². The van der Waals surface area contributed by atoms with Crippen LogP contribution in [0.3, 0.4) is 0 Å². The van der Waals surface area contributed by atoms with E-state index in [2.05, 4.69) is 12.1 Å². The second kappa shape index (κ2) is 7.73. The lowest BCUT2D eigenvalue weighted by molar-refractivity contribution is 0.0874. The van der Waals surface area contributed by atoms with Crippen molar-refractivity contribution in [2.24, 2.45) is 5.41 Å². The first-order valence-electron chi connectivity index (χ1n) is 10.7. The van der Waals surface area contributed by atoms with Gasteiger partial charge in [0.05, 0.1) is 18.2 Å². The fourth-order valence-electron chi connectivity index (χ4n) is 5.25. The topological polar surface area (TPSA) is 67.9 Å². The molecular weight excluding hydrogens is 413 g/mol. The molecule has 0 N–H and O–H groups in total. The van der Waals surface area contributed by atoms with Gasteiger partial charge in [-0.05, 0) is 35.8 Å². The maximum absolute atomic E-state index is 15.2. The third-order valence-corrected chi connectivity index (χ3v) is 6.79. The second-order valence-electron chi connectivity index (χ2n) is 8.56. The van der Waals surface area contributed by atoms with Gasteiger partial charge in [0.2, 0.25) is 0 Å². The van der Waals surface area contributed by atoms with Crippen molar-refractivity contribution in [3.8, 4) is 12.1 Å². The smallest absolute Gasteiger partial charge is 0.185 e. The Balaban J connectivity index is 1.79. The van der Waals surface area contributed by atoms with Crippen molar-refractivity contribution < 1.29 is 9.18 Å². The van der Waals surface area contributed by atoms with Gasteiger partial charge in [-0.2, -0.15) is 10.5 Å². The predicted octanol–water partition coefficient (Wildman–Crippen LogP) is 5.54. The summed E-state index contributed by atoms with van der Waals surface area (Å²) in [4.78, 5) is 15.7. The molecule has 0 saturated carbocycles. The first-order valence-corrected chi connectivity index (χ1v) is 10.7. The van der Waals surface area contributed by atoms with Gasteiger partial charge >= 0.3 is 0 Å². The van der Waals surface area contributed by atoms with Crippen molar-refractivity contribution >= 4 is 11.9 Å². The standard InChI is InChI=1S/C28H20FN3O/c1-18-10-12-20(13-11-18)26(33)25-24(22-8-4-5-9-23(22)29)28(16-30,17-31)27-21-7-3-2-6-19(21)14-15-32(25)27/h2-15,24-25,27H,1H3. The van der Waals surface area contributed by atoms with Gasteiger partial charge in [0.1, 0.15) is 11.9 Å². The zero-order valence-corrected chi connectivity index (χ0v) is 17.9. The second-order valence-corrected chi connectivity index (χ2v) is 8.56. The minimum absolute atomic E-state index is 0.200. The van der Waals surface area contributed by atoms with Gasteiger partial charge in [0, 0.05) is 17.7 Å². The predicted molar refractivity (Wildman–Crippen MR) is 122 cm³/mol. The molecule has 4 nitrogen and oxygen atoms in total. The molecule has 5 heteroatoms. The van der Waals surface area contributed by atoms with Crippen LogP contribution in [0.4, 0.5) is 4.39 Å². The lowest BCUT2D eigenvalue weighted by Gasteiger charge is -2.34. The average Bonchev–Trinajstić information content (AvgIpc) is 3.15. The lowest BCUT2D eigenvalue weighted by atomic mass is 9.67. The molecule has 0 radical (unpaired) electrons.